The van der Waals surface area contributed by atoms with Crippen molar-refractivity contribution >= 4 is 11.4 Å². The Hall–Kier alpha value is -3.02. The molecule has 0 unspecified atom stereocenters. The fourth-order valence-electron chi connectivity index (χ4n) is 3.19. The normalized spacial score (nSPS) is 12.1. The number of rotatable bonds is 12. The second-order valence-corrected chi connectivity index (χ2v) is 6.82. The molecule has 0 saturated heterocycles. The van der Waals surface area contributed by atoms with E-state index in [2.05, 4.69) is 10.3 Å². The summed E-state index contributed by atoms with van der Waals surface area (Å²) in [5.41, 5.74) is 3.22. The maximum Gasteiger partial charge on any atom is 0.118 e. The smallest absolute Gasteiger partial charge is 0.118 e. The van der Waals surface area contributed by atoms with Gasteiger partial charge in [0.25, 0.3) is 0 Å². The van der Waals surface area contributed by atoms with E-state index in [0.717, 1.165) is 67.6 Å². The molecule has 0 spiro atoms. The predicted molar refractivity (Wildman–Crippen MR) is 115 cm³/mol. The van der Waals surface area contributed by atoms with Crippen LogP contribution in [0.5, 0.6) is 11.5 Å². The topological polar surface area (TPSA) is 83.6 Å². The molecule has 0 radical (unpaired) electrons. The Morgan fingerprint density at radius 1 is 0.621 bits per heavy atom. The van der Waals surface area contributed by atoms with E-state index in [0.29, 0.717) is 11.4 Å². The van der Waals surface area contributed by atoms with Gasteiger partial charge in [0.05, 0.1) is 25.6 Å². The van der Waals surface area contributed by atoms with Crippen LogP contribution in [0.25, 0.3) is 0 Å². The summed E-state index contributed by atoms with van der Waals surface area (Å²) < 4.78 is 10.3. The van der Waals surface area contributed by atoms with Crippen molar-refractivity contribution in [3.8, 4) is 11.5 Å². The minimum absolute atomic E-state index is 0.696. The summed E-state index contributed by atoms with van der Waals surface area (Å²) in [5.74, 6) is 1.57. The van der Waals surface area contributed by atoms with E-state index in [-0.39, 0.29) is 0 Å². The molecule has 29 heavy (non-hydrogen) atoms. The van der Waals surface area contributed by atoms with E-state index in [4.69, 9.17) is 9.47 Å². The molecule has 0 aromatic heterocycles. The zero-order valence-corrected chi connectivity index (χ0v) is 17.2. The first-order valence-electron chi connectivity index (χ1n) is 9.92. The molecule has 0 amide bonds. The summed E-state index contributed by atoms with van der Waals surface area (Å²) in [6.45, 7) is 0. The molecule has 0 bridgehead atoms. The Labute approximate surface area is 172 Å². The SMILES string of the molecule is COc1ccc(/C(CCCCCCC/C(=N\O)c2ccc(OC)cc2)=N/O)cc1. The van der Waals surface area contributed by atoms with Crippen molar-refractivity contribution in [2.45, 2.75) is 44.9 Å². The molecule has 0 saturated carbocycles. The number of hydrogen-bond donors (Lipinski definition) is 2. The van der Waals surface area contributed by atoms with Crippen LogP contribution in [0.4, 0.5) is 0 Å². The number of methoxy groups -OCH3 is 2. The molecule has 2 aromatic rings. The monoisotopic (exact) mass is 398 g/mol. The standard InChI is InChI=1S/C23H30N2O4/c1-28-20-14-10-18(11-15-20)22(24-26)8-6-4-3-5-7-9-23(25-27)19-12-16-21(29-2)17-13-19/h10-17,26-27H,3-9H2,1-2H3/b24-22+,25-23+. The van der Waals surface area contributed by atoms with Gasteiger partial charge in [0.15, 0.2) is 0 Å². The molecule has 0 aliphatic heterocycles. The minimum Gasteiger partial charge on any atom is -0.497 e. The zero-order valence-electron chi connectivity index (χ0n) is 17.2. The Balaban J connectivity index is 1.66. The average Bonchev–Trinajstić information content (AvgIpc) is 2.78. The minimum atomic E-state index is 0.696. The van der Waals surface area contributed by atoms with E-state index >= 15 is 0 Å². The van der Waals surface area contributed by atoms with Crippen LogP contribution in [0.2, 0.25) is 0 Å². The Bertz CT molecular complexity index is 716. The first-order chi connectivity index (χ1) is 14.2. The van der Waals surface area contributed by atoms with Crippen molar-refractivity contribution in [2.24, 2.45) is 10.3 Å². The van der Waals surface area contributed by atoms with E-state index in [9.17, 15) is 10.4 Å². The highest BCUT2D eigenvalue weighted by Gasteiger charge is 2.07. The summed E-state index contributed by atoms with van der Waals surface area (Å²) in [4.78, 5) is 0. The van der Waals surface area contributed by atoms with Crippen molar-refractivity contribution in [2.75, 3.05) is 14.2 Å². The van der Waals surface area contributed by atoms with Crippen LogP contribution in [-0.2, 0) is 0 Å². The highest BCUT2D eigenvalue weighted by molar-refractivity contribution is 6.00. The van der Waals surface area contributed by atoms with Gasteiger partial charge in [-0.15, -0.1) is 0 Å². The fourth-order valence-corrected chi connectivity index (χ4v) is 3.19. The molecule has 6 heteroatoms. The van der Waals surface area contributed by atoms with Gasteiger partial charge in [-0.25, -0.2) is 0 Å². The number of benzene rings is 2. The second-order valence-electron chi connectivity index (χ2n) is 6.82. The van der Waals surface area contributed by atoms with Crippen molar-refractivity contribution in [3.63, 3.8) is 0 Å². The molecule has 2 aromatic carbocycles. The molecule has 0 fully saturated rings. The Morgan fingerprint density at radius 2 is 0.966 bits per heavy atom. The molecule has 0 atom stereocenters. The van der Waals surface area contributed by atoms with Gasteiger partial charge in [0.1, 0.15) is 11.5 Å². The average molecular weight is 399 g/mol. The van der Waals surface area contributed by atoms with E-state index in [1.54, 1.807) is 14.2 Å². The molecule has 2 N–H and O–H groups in total. The molecule has 156 valence electrons. The van der Waals surface area contributed by atoms with Gasteiger partial charge in [-0.05, 0) is 85.3 Å². The third-order valence-electron chi connectivity index (χ3n) is 4.92. The third kappa shape index (κ3) is 7.14. The van der Waals surface area contributed by atoms with Gasteiger partial charge in [-0.1, -0.05) is 29.6 Å². The number of hydrogen-bond acceptors (Lipinski definition) is 6. The molecular weight excluding hydrogens is 368 g/mol. The summed E-state index contributed by atoms with van der Waals surface area (Å²) in [5, 5.41) is 25.5. The van der Waals surface area contributed by atoms with Gasteiger partial charge in [-0.3, -0.25) is 0 Å². The van der Waals surface area contributed by atoms with Crippen LogP contribution in [0.3, 0.4) is 0 Å². The lowest BCUT2D eigenvalue weighted by molar-refractivity contribution is 0.317. The third-order valence-corrected chi connectivity index (χ3v) is 4.92. The lowest BCUT2D eigenvalue weighted by Crippen LogP contribution is -2.02. The Morgan fingerprint density at radius 3 is 1.28 bits per heavy atom. The van der Waals surface area contributed by atoms with E-state index in [1.165, 1.54) is 0 Å². The first kappa shape index (κ1) is 22.3. The van der Waals surface area contributed by atoms with Crippen LogP contribution in [0.1, 0.15) is 56.1 Å². The van der Waals surface area contributed by atoms with Gasteiger partial charge >= 0.3 is 0 Å². The summed E-state index contributed by atoms with van der Waals surface area (Å²) in [6, 6.07) is 15.1. The van der Waals surface area contributed by atoms with Crippen LogP contribution in [0, 0.1) is 0 Å². The van der Waals surface area contributed by atoms with Crippen LogP contribution >= 0.6 is 0 Å². The quantitative estimate of drug-likeness (QED) is 0.214. The molecule has 2 rings (SSSR count). The lowest BCUT2D eigenvalue weighted by atomic mass is 10.0. The summed E-state index contributed by atoms with van der Waals surface area (Å²) in [7, 11) is 3.25. The van der Waals surface area contributed by atoms with Gasteiger partial charge in [0.2, 0.25) is 0 Å². The number of ether oxygens (including phenoxy) is 2. The van der Waals surface area contributed by atoms with Crippen LogP contribution in [0.15, 0.2) is 58.8 Å². The molecule has 0 aliphatic carbocycles. The Kier molecular flexibility index (Phi) is 9.55. The van der Waals surface area contributed by atoms with Crippen molar-refractivity contribution in [1.82, 2.24) is 0 Å². The molecule has 6 nitrogen and oxygen atoms in total. The van der Waals surface area contributed by atoms with E-state index < -0.39 is 0 Å². The number of oxime groups is 2. The fraction of sp³-hybridized carbons (Fsp3) is 0.391. The summed E-state index contributed by atoms with van der Waals surface area (Å²) in [6.07, 6.45) is 6.60. The van der Waals surface area contributed by atoms with Gasteiger partial charge < -0.3 is 19.9 Å². The molecular formula is C23H30N2O4. The van der Waals surface area contributed by atoms with Crippen molar-refractivity contribution in [3.05, 3.63) is 59.7 Å². The first-order valence-corrected chi connectivity index (χ1v) is 9.92. The largest absolute Gasteiger partial charge is 0.497 e. The van der Waals surface area contributed by atoms with Crippen LogP contribution < -0.4 is 9.47 Å². The van der Waals surface area contributed by atoms with Gasteiger partial charge in [0, 0.05) is 0 Å². The highest BCUT2D eigenvalue weighted by atomic mass is 16.5. The second kappa shape index (κ2) is 12.4. The van der Waals surface area contributed by atoms with Crippen molar-refractivity contribution in [1.29, 1.82) is 0 Å². The highest BCUT2D eigenvalue weighted by Crippen LogP contribution is 2.17. The van der Waals surface area contributed by atoms with Crippen molar-refractivity contribution < 1.29 is 19.9 Å². The molecule has 0 aliphatic rings. The summed E-state index contributed by atoms with van der Waals surface area (Å²) >= 11 is 0. The maximum absolute atomic E-state index is 9.29. The predicted octanol–water partition coefficient (Wildman–Crippen LogP) is 5.49. The van der Waals surface area contributed by atoms with Crippen LogP contribution in [-0.4, -0.2) is 36.1 Å². The number of unbranched alkanes of at least 4 members (excludes halogenated alkanes) is 4. The maximum atomic E-state index is 9.29. The molecule has 0 heterocycles. The van der Waals surface area contributed by atoms with Gasteiger partial charge in [-0.2, -0.15) is 0 Å². The van der Waals surface area contributed by atoms with E-state index in [1.807, 2.05) is 48.5 Å². The number of nitrogens with zero attached hydrogens (tertiary/aromatic N) is 2. The lowest BCUT2D eigenvalue weighted by Gasteiger charge is -2.07. The zero-order chi connectivity index (χ0) is 20.9.